The molecule has 86 valence electrons. The van der Waals surface area contributed by atoms with Gasteiger partial charge in [0.15, 0.2) is 0 Å². The second kappa shape index (κ2) is 4.81. The normalized spacial score (nSPS) is 13.2. The lowest BCUT2D eigenvalue weighted by Gasteiger charge is -2.17. The van der Waals surface area contributed by atoms with E-state index in [-0.39, 0.29) is 23.5 Å². The summed E-state index contributed by atoms with van der Waals surface area (Å²) >= 11 is 0. The fraction of sp³-hybridized carbons (Fsp3) is 0.333. The van der Waals surface area contributed by atoms with Gasteiger partial charge < -0.3 is 5.73 Å². The molecule has 0 spiro atoms. The average Bonchev–Trinajstić information content (AvgIpc) is 2.07. The topological polar surface area (TPSA) is 26.0 Å². The highest BCUT2D eigenvalue weighted by atomic mass is 35.5. The third kappa shape index (κ3) is 3.07. The van der Waals surface area contributed by atoms with Crippen molar-refractivity contribution >= 4 is 12.4 Å². The summed E-state index contributed by atoms with van der Waals surface area (Å²) in [6.45, 7) is 1.27. The van der Waals surface area contributed by atoms with Gasteiger partial charge in [-0.05, 0) is 24.1 Å². The van der Waals surface area contributed by atoms with Crippen LogP contribution in [0.1, 0.15) is 17.2 Å². The molecule has 1 atom stereocenters. The number of hydrogen-bond donors (Lipinski definition) is 1. The van der Waals surface area contributed by atoms with Crippen molar-refractivity contribution in [3.05, 3.63) is 35.1 Å². The summed E-state index contributed by atoms with van der Waals surface area (Å²) in [5.74, 6) is -0.679. The molecule has 1 aromatic carbocycles. The first-order chi connectivity index (χ1) is 6.34. The Morgan fingerprint density at radius 2 is 1.80 bits per heavy atom. The standard InChI is InChI=1S/C9H9F4N.ClH/c1-5-6(3-2-4-7(5)10)8(14)9(11,12)13;/h2-4,8H,14H2,1H3;1H/t8-;/m1./s1. The molecule has 0 unspecified atom stereocenters. The van der Waals surface area contributed by atoms with Crippen LogP contribution in [0.25, 0.3) is 0 Å². The van der Waals surface area contributed by atoms with Gasteiger partial charge >= 0.3 is 6.18 Å². The van der Waals surface area contributed by atoms with Gasteiger partial charge in [0, 0.05) is 0 Å². The molecule has 0 heterocycles. The second-order valence-corrected chi connectivity index (χ2v) is 2.97. The summed E-state index contributed by atoms with van der Waals surface area (Å²) in [6, 6.07) is 1.36. The Hall–Kier alpha value is -0.810. The van der Waals surface area contributed by atoms with Crippen molar-refractivity contribution in [2.24, 2.45) is 5.73 Å². The fourth-order valence-electron chi connectivity index (χ4n) is 1.14. The van der Waals surface area contributed by atoms with Crippen molar-refractivity contribution in [1.29, 1.82) is 0 Å². The van der Waals surface area contributed by atoms with E-state index in [0.717, 1.165) is 6.07 Å². The zero-order valence-corrected chi connectivity index (χ0v) is 8.62. The van der Waals surface area contributed by atoms with E-state index in [2.05, 4.69) is 0 Å². The number of alkyl halides is 3. The molecular formula is C9H10ClF4N. The van der Waals surface area contributed by atoms with E-state index in [4.69, 9.17) is 5.73 Å². The maximum absolute atomic E-state index is 12.9. The summed E-state index contributed by atoms with van der Waals surface area (Å²) < 4.78 is 49.5. The molecule has 15 heavy (non-hydrogen) atoms. The smallest absolute Gasteiger partial charge is 0.316 e. The molecule has 0 saturated carbocycles. The highest BCUT2D eigenvalue weighted by Crippen LogP contribution is 2.32. The van der Waals surface area contributed by atoms with Crippen LogP contribution < -0.4 is 5.73 Å². The van der Waals surface area contributed by atoms with E-state index >= 15 is 0 Å². The summed E-state index contributed by atoms with van der Waals surface area (Å²) in [5, 5.41) is 0. The van der Waals surface area contributed by atoms with Crippen LogP contribution in [0.15, 0.2) is 18.2 Å². The zero-order valence-electron chi connectivity index (χ0n) is 7.81. The van der Waals surface area contributed by atoms with Crippen LogP contribution in [0.2, 0.25) is 0 Å². The minimum Gasteiger partial charge on any atom is -0.316 e. The quantitative estimate of drug-likeness (QED) is 0.754. The van der Waals surface area contributed by atoms with Crippen LogP contribution in [0, 0.1) is 12.7 Å². The van der Waals surface area contributed by atoms with Gasteiger partial charge in [-0.2, -0.15) is 13.2 Å². The Kier molecular flexibility index (Phi) is 4.55. The van der Waals surface area contributed by atoms with Gasteiger partial charge in [-0.25, -0.2) is 4.39 Å². The predicted octanol–water partition coefficient (Wildman–Crippen LogP) is 3.12. The van der Waals surface area contributed by atoms with Crippen LogP contribution in [-0.4, -0.2) is 6.18 Å². The van der Waals surface area contributed by atoms with Crippen molar-refractivity contribution in [3.8, 4) is 0 Å². The minimum atomic E-state index is -4.54. The number of nitrogens with two attached hydrogens (primary N) is 1. The first-order valence-corrected chi connectivity index (χ1v) is 3.91. The van der Waals surface area contributed by atoms with Crippen molar-refractivity contribution < 1.29 is 17.6 Å². The summed E-state index contributed by atoms with van der Waals surface area (Å²) in [5.41, 5.74) is 4.67. The van der Waals surface area contributed by atoms with E-state index in [1.165, 1.54) is 19.1 Å². The second-order valence-electron chi connectivity index (χ2n) is 2.97. The molecule has 1 rings (SSSR count). The molecule has 0 aromatic heterocycles. The maximum atomic E-state index is 12.9. The summed E-state index contributed by atoms with van der Waals surface area (Å²) in [4.78, 5) is 0. The van der Waals surface area contributed by atoms with Gasteiger partial charge in [-0.3, -0.25) is 0 Å². The molecule has 6 heteroatoms. The average molecular weight is 244 g/mol. The molecule has 0 bridgehead atoms. The summed E-state index contributed by atoms with van der Waals surface area (Å²) in [6.07, 6.45) is -4.54. The lowest BCUT2D eigenvalue weighted by Crippen LogP contribution is -2.29. The van der Waals surface area contributed by atoms with E-state index in [0.29, 0.717) is 0 Å². The minimum absolute atomic E-state index is 0. The molecule has 0 amide bonds. The molecule has 0 fully saturated rings. The first-order valence-electron chi connectivity index (χ1n) is 3.91. The molecule has 0 saturated heterocycles. The molecule has 0 aliphatic heterocycles. The molecule has 2 N–H and O–H groups in total. The molecule has 1 nitrogen and oxygen atoms in total. The predicted molar refractivity (Wildman–Crippen MR) is 51.4 cm³/mol. The molecule has 0 aliphatic rings. The largest absolute Gasteiger partial charge is 0.407 e. The van der Waals surface area contributed by atoms with Gasteiger partial charge in [0.1, 0.15) is 11.9 Å². The fourth-order valence-corrected chi connectivity index (χ4v) is 1.14. The van der Waals surface area contributed by atoms with Crippen molar-refractivity contribution in [2.75, 3.05) is 0 Å². The zero-order chi connectivity index (χ0) is 10.9. The lowest BCUT2D eigenvalue weighted by atomic mass is 10.0. The van der Waals surface area contributed by atoms with E-state index in [9.17, 15) is 17.6 Å². The highest BCUT2D eigenvalue weighted by molar-refractivity contribution is 5.85. The number of benzene rings is 1. The lowest BCUT2D eigenvalue weighted by molar-refractivity contribution is -0.149. The van der Waals surface area contributed by atoms with Crippen LogP contribution in [0.4, 0.5) is 17.6 Å². The maximum Gasteiger partial charge on any atom is 0.407 e. The van der Waals surface area contributed by atoms with Gasteiger partial charge in [0.05, 0.1) is 0 Å². The SMILES string of the molecule is Cc1c(F)cccc1[C@@H](N)C(F)(F)F.Cl. The van der Waals surface area contributed by atoms with Gasteiger partial charge in [0.2, 0.25) is 0 Å². The van der Waals surface area contributed by atoms with E-state index in [1.807, 2.05) is 0 Å². The van der Waals surface area contributed by atoms with Crippen molar-refractivity contribution in [2.45, 2.75) is 19.1 Å². The van der Waals surface area contributed by atoms with Crippen LogP contribution in [-0.2, 0) is 0 Å². The van der Waals surface area contributed by atoms with Gasteiger partial charge in [-0.15, -0.1) is 12.4 Å². The molecular weight excluding hydrogens is 234 g/mol. The Bertz CT molecular complexity index is 337. The molecule has 1 aromatic rings. The van der Waals surface area contributed by atoms with E-state index < -0.39 is 18.0 Å². The van der Waals surface area contributed by atoms with Crippen LogP contribution >= 0.6 is 12.4 Å². The van der Waals surface area contributed by atoms with E-state index in [1.54, 1.807) is 0 Å². The third-order valence-corrected chi connectivity index (χ3v) is 2.00. The molecule has 0 aliphatic carbocycles. The Morgan fingerprint density at radius 1 is 1.27 bits per heavy atom. The van der Waals surface area contributed by atoms with Crippen LogP contribution in [0.3, 0.4) is 0 Å². The molecule has 0 radical (unpaired) electrons. The highest BCUT2D eigenvalue weighted by Gasteiger charge is 2.38. The number of rotatable bonds is 1. The monoisotopic (exact) mass is 243 g/mol. The van der Waals surface area contributed by atoms with Gasteiger partial charge in [-0.1, -0.05) is 12.1 Å². The Morgan fingerprint density at radius 3 is 2.27 bits per heavy atom. The summed E-state index contributed by atoms with van der Waals surface area (Å²) in [7, 11) is 0. The van der Waals surface area contributed by atoms with Crippen molar-refractivity contribution in [3.63, 3.8) is 0 Å². The number of halogens is 5. The van der Waals surface area contributed by atoms with Crippen LogP contribution in [0.5, 0.6) is 0 Å². The Labute approximate surface area is 90.7 Å². The van der Waals surface area contributed by atoms with Gasteiger partial charge in [0.25, 0.3) is 0 Å². The Balaban J connectivity index is 0.00000196. The first kappa shape index (κ1) is 14.2. The third-order valence-electron chi connectivity index (χ3n) is 2.00. The number of hydrogen-bond acceptors (Lipinski definition) is 1. The van der Waals surface area contributed by atoms with Crippen molar-refractivity contribution in [1.82, 2.24) is 0 Å².